The molecule has 1 N–H and O–H groups in total. The molecule has 0 saturated carbocycles. The molecule has 8 heteroatoms. The normalized spacial score (nSPS) is 11.3. The van der Waals surface area contributed by atoms with E-state index >= 15 is 0 Å². The molecule has 7 nitrogen and oxygen atoms in total. The minimum absolute atomic E-state index is 0.0483. The Balaban J connectivity index is 2.49. The first kappa shape index (κ1) is 19.2. The molecule has 1 amide bonds. The van der Waals surface area contributed by atoms with Crippen molar-refractivity contribution >= 4 is 25.1 Å². The van der Waals surface area contributed by atoms with E-state index in [9.17, 15) is 14.3 Å². The van der Waals surface area contributed by atoms with Crippen LogP contribution in [0.5, 0.6) is 0 Å². The first-order valence-corrected chi connectivity index (χ1v) is 7.48. The van der Waals surface area contributed by atoms with Gasteiger partial charge in [0.05, 0.1) is 0 Å². The van der Waals surface area contributed by atoms with Gasteiger partial charge in [-0.15, -0.1) is 0 Å². The Morgan fingerprint density at radius 3 is 2.79 bits per heavy atom. The predicted octanol–water partition coefficient (Wildman–Crippen LogP) is 0.986. The monoisotopic (exact) mass is 327 g/mol. The van der Waals surface area contributed by atoms with Gasteiger partial charge in [0.2, 0.25) is 0 Å². The SMILES string of the molecule is N#CCCNC(=O)CCC(N=CB=O)C(=O)OCc1ccccc1. The summed E-state index contributed by atoms with van der Waals surface area (Å²) in [6, 6.07) is 10.2. The number of aliphatic imine (C=N–C) groups is 1. The van der Waals surface area contributed by atoms with Gasteiger partial charge in [-0.1, -0.05) is 0 Å². The third-order valence-electron chi connectivity index (χ3n) is 3.03. The Kier molecular flexibility index (Phi) is 9.39. The van der Waals surface area contributed by atoms with Crippen LogP contribution in [-0.2, 0) is 25.6 Å². The van der Waals surface area contributed by atoms with Crippen molar-refractivity contribution in [1.29, 1.82) is 5.26 Å². The van der Waals surface area contributed by atoms with Crippen molar-refractivity contribution in [2.24, 2.45) is 4.99 Å². The molecule has 1 aromatic carbocycles. The Morgan fingerprint density at radius 1 is 1.38 bits per heavy atom. The average molecular weight is 327 g/mol. The summed E-state index contributed by atoms with van der Waals surface area (Å²) in [5, 5.41) is 11.0. The number of nitriles is 1. The zero-order valence-corrected chi connectivity index (χ0v) is 13.2. The predicted molar refractivity (Wildman–Crippen MR) is 87.4 cm³/mol. The summed E-state index contributed by atoms with van der Waals surface area (Å²) in [6.45, 7) is 0.358. The van der Waals surface area contributed by atoms with E-state index in [2.05, 4.69) is 10.3 Å². The number of benzene rings is 1. The first-order chi connectivity index (χ1) is 11.7. The number of esters is 1. The third kappa shape index (κ3) is 7.99. The van der Waals surface area contributed by atoms with E-state index in [1.165, 1.54) is 0 Å². The second kappa shape index (κ2) is 11.7. The summed E-state index contributed by atoms with van der Waals surface area (Å²) in [5.41, 5.74) is 0.832. The minimum atomic E-state index is -0.916. The Labute approximate surface area is 141 Å². The Bertz CT molecular complexity index is 613. The number of hydrogen-bond donors (Lipinski definition) is 1. The summed E-state index contributed by atoms with van der Waals surface area (Å²) in [6.07, 6.45) is 1.36. The van der Waals surface area contributed by atoms with Gasteiger partial charge in [0.15, 0.2) is 0 Å². The second-order valence-corrected chi connectivity index (χ2v) is 4.84. The fraction of sp³-hybridized carbons (Fsp3) is 0.375. The van der Waals surface area contributed by atoms with Crippen LogP contribution in [0, 0.1) is 11.3 Å². The molecule has 0 bridgehead atoms. The molecule has 124 valence electrons. The van der Waals surface area contributed by atoms with Gasteiger partial charge in [-0.25, -0.2) is 0 Å². The van der Waals surface area contributed by atoms with E-state index in [0.717, 1.165) is 11.7 Å². The van der Waals surface area contributed by atoms with Gasteiger partial charge in [0.25, 0.3) is 0 Å². The Morgan fingerprint density at radius 2 is 2.12 bits per heavy atom. The molecule has 0 fully saturated rings. The summed E-state index contributed by atoms with van der Waals surface area (Å²) < 4.78 is 15.6. The second-order valence-electron chi connectivity index (χ2n) is 4.84. The van der Waals surface area contributed by atoms with Crippen LogP contribution in [0.4, 0.5) is 0 Å². The number of ether oxygens (including phenoxy) is 1. The van der Waals surface area contributed by atoms with Crippen LogP contribution in [0.2, 0.25) is 0 Å². The van der Waals surface area contributed by atoms with Gasteiger partial charge in [0, 0.05) is 0 Å². The van der Waals surface area contributed by atoms with E-state index in [4.69, 9.17) is 10.00 Å². The van der Waals surface area contributed by atoms with Gasteiger partial charge in [0.1, 0.15) is 0 Å². The van der Waals surface area contributed by atoms with Crippen molar-refractivity contribution in [1.82, 2.24) is 5.32 Å². The molecule has 1 atom stereocenters. The molecular weight excluding hydrogens is 309 g/mol. The van der Waals surface area contributed by atoms with E-state index in [0.29, 0.717) is 7.15 Å². The van der Waals surface area contributed by atoms with Gasteiger partial charge in [-0.3, -0.25) is 0 Å². The maximum absolute atomic E-state index is 12.1. The number of nitrogens with zero attached hydrogens (tertiary/aromatic N) is 2. The van der Waals surface area contributed by atoms with Crippen LogP contribution in [0.1, 0.15) is 24.8 Å². The number of hydrogen-bond acceptors (Lipinski definition) is 6. The zero-order valence-electron chi connectivity index (χ0n) is 13.2. The van der Waals surface area contributed by atoms with Crippen LogP contribution in [0.3, 0.4) is 0 Å². The number of rotatable bonds is 10. The summed E-state index contributed by atoms with van der Waals surface area (Å²) >= 11 is 0. The van der Waals surface area contributed by atoms with Crippen molar-refractivity contribution in [2.45, 2.75) is 31.9 Å². The summed E-state index contributed by atoms with van der Waals surface area (Å²) in [7, 11) is 0.463. The summed E-state index contributed by atoms with van der Waals surface area (Å²) in [4.78, 5) is 27.5. The van der Waals surface area contributed by atoms with E-state index < -0.39 is 12.0 Å². The topological polar surface area (TPSA) is 109 Å². The summed E-state index contributed by atoms with van der Waals surface area (Å²) in [5.74, 6) is -0.880. The first-order valence-electron chi connectivity index (χ1n) is 7.48. The molecule has 0 heterocycles. The van der Waals surface area contributed by atoms with E-state index in [1.807, 2.05) is 36.4 Å². The molecule has 0 aliphatic heterocycles. The fourth-order valence-corrected chi connectivity index (χ4v) is 1.83. The van der Waals surface area contributed by atoms with Crippen molar-refractivity contribution < 1.29 is 19.0 Å². The fourth-order valence-electron chi connectivity index (χ4n) is 1.83. The molecule has 0 aliphatic rings. The molecule has 0 aliphatic carbocycles. The van der Waals surface area contributed by atoms with Crippen LogP contribution in [-0.4, -0.2) is 37.7 Å². The quantitative estimate of drug-likeness (QED) is 0.298. The van der Waals surface area contributed by atoms with Crippen LogP contribution in [0.25, 0.3) is 0 Å². The molecule has 0 spiro atoms. The molecular formula is C16H18BN3O4. The number of carbonyl (C=O) groups excluding carboxylic acids is 2. The van der Waals surface area contributed by atoms with Crippen LogP contribution in [0.15, 0.2) is 35.3 Å². The molecule has 1 unspecified atom stereocenters. The van der Waals surface area contributed by atoms with Crippen LogP contribution >= 0.6 is 0 Å². The maximum atomic E-state index is 12.1. The molecule has 24 heavy (non-hydrogen) atoms. The number of carbonyl (C=O) groups is 2. The third-order valence-corrected chi connectivity index (χ3v) is 3.03. The van der Waals surface area contributed by atoms with Gasteiger partial charge >= 0.3 is 140 Å². The van der Waals surface area contributed by atoms with Gasteiger partial charge in [-0.05, 0) is 0 Å². The van der Waals surface area contributed by atoms with Gasteiger partial charge in [-0.2, -0.15) is 0 Å². The van der Waals surface area contributed by atoms with Crippen molar-refractivity contribution in [3.63, 3.8) is 0 Å². The van der Waals surface area contributed by atoms with E-state index in [1.54, 1.807) is 0 Å². The van der Waals surface area contributed by atoms with E-state index in [-0.39, 0.29) is 38.3 Å². The van der Waals surface area contributed by atoms with Crippen molar-refractivity contribution in [3.05, 3.63) is 35.9 Å². The average Bonchev–Trinajstić information content (AvgIpc) is 2.61. The molecule has 1 aromatic rings. The molecule has 0 aromatic heterocycles. The number of nitrogens with one attached hydrogen (secondary N) is 1. The zero-order chi connectivity index (χ0) is 17.6. The molecule has 1 rings (SSSR count). The van der Waals surface area contributed by atoms with Crippen molar-refractivity contribution in [2.75, 3.05) is 6.54 Å². The Hall–Kier alpha value is -2.82. The molecule has 0 saturated heterocycles. The van der Waals surface area contributed by atoms with Crippen molar-refractivity contribution in [3.8, 4) is 6.07 Å². The number of amides is 1. The standard InChI is InChI=1S/C16H18BN3O4/c18-9-4-10-19-15(21)8-7-14(20-12-17-23)16(22)24-11-13-5-2-1-3-6-13/h1-3,5-6,12,14H,4,7-8,10-11H2,(H,19,21). The van der Waals surface area contributed by atoms with Crippen LogP contribution < -0.4 is 5.32 Å². The van der Waals surface area contributed by atoms with Gasteiger partial charge < -0.3 is 0 Å². The molecule has 0 radical (unpaired) electrons.